The summed E-state index contributed by atoms with van der Waals surface area (Å²) in [6, 6.07) is 11.3. The molecule has 152 valence electrons. The lowest BCUT2D eigenvalue weighted by Gasteiger charge is -2.28. The second-order valence-corrected chi connectivity index (χ2v) is 6.92. The van der Waals surface area contributed by atoms with Gasteiger partial charge in [0.05, 0.1) is 25.0 Å². The highest BCUT2D eigenvalue weighted by Crippen LogP contribution is 2.28. The van der Waals surface area contributed by atoms with E-state index in [2.05, 4.69) is 30.4 Å². The van der Waals surface area contributed by atoms with Gasteiger partial charge in [-0.2, -0.15) is 5.10 Å². The molecule has 0 aliphatic carbocycles. The maximum Gasteiger partial charge on any atom is 0.165 e. The minimum atomic E-state index is -0.723. The fourth-order valence-electron chi connectivity index (χ4n) is 3.44. The van der Waals surface area contributed by atoms with E-state index in [9.17, 15) is 8.78 Å². The number of ether oxygens (including phenoxy) is 1. The van der Waals surface area contributed by atoms with Crippen LogP contribution in [0.4, 0.5) is 26.0 Å². The van der Waals surface area contributed by atoms with Gasteiger partial charge in [0.2, 0.25) is 0 Å². The van der Waals surface area contributed by atoms with Crippen LogP contribution in [-0.4, -0.2) is 46.5 Å². The van der Waals surface area contributed by atoms with Crippen molar-refractivity contribution in [3.05, 3.63) is 60.3 Å². The molecule has 3 heterocycles. The van der Waals surface area contributed by atoms with Gasteiger partial charge in [0.25, 0.3) is 0 Å². The topological polar surface area (TPSA) is 79.0 Å². The van der Waals surface area contributed by atoms with E-state index in [0.717, 1.165) is 43.7 Å². The van der Waals surface area contributed by atoms with Gasteiger partial charge in [0.1, 0.15) is 22.7 Å². The van der Waals surface area contributed by atoms with Crippen LogP contribution in [0.25, 0.3) is 22.4 Å². The van der Waals surface area contributed by atoms with Crippen molar-refractivity contribution in [1.82, 2.24) is 20.2 Å². The van der Waals surface area contributed by atoms with Crippen LogP contribution in [0, 0.1) is 11.6 Å². The zero-order valence-electron chi connectivity index (χ0n) is 15.9. The van der Waals surface area contributed by atoms with Gasteiger partial charge in [-0.3, -0.25) is 5.10 Å². The standard InChI is InChI=1S/C21H18F2N6O/c22-13-1-6-16(17(23)11-13)20-26-18-12-24-28-19(18)21(27-20)25-14-2-4-15(5-3-14)29-7-9-30-10-8-29/h1-6,11-12H,7-10H2,(H,24,28)(H,25,26,27). The number of aromatic nitrogens is 4. The van der Waals surface area contributed by atoms with Crippen LogP contribution in [-0.2, 0) is 4.74 Å². The zero-order valence-corrected chi connectivity index (χ0v) is 15.9. The fraction of sp³-hybridized carbons (Fsp3) is 0.190. The molecule has 2 N–H and O–H groups in total. The molecule has 0 spiro atoms. The Morgan fingerprint density at radius 2 is 1.80 bits per heavy atom. The summed E-state index contributed by atoms with van der Waals surface area (Å²) in [5, 5.41) is 10.1. The lowest BCUT2D eigenvalue weighted by molar-refractivity contribution is 0.122. The first-order valence-electron chi connectivity index (χ1n) is 9.54. The van der Waals surface area contributed by atoms with E-state index in [-0.39, 0.29) is 11.4 Å². The van der Waals surface area contributed by atoms with Crippen molar-refractivity contribution < 1.29 is 13.5 Å². The van der Waals surface area contributed by atoms with Gasteiger partial charge in [-0.15, -0.1) is 0 Å². The van der Waals surface area contributed by atoms with Crippen molar-refractivity contribution in [3.63, 3.8) is 0 Å². The molecule has 1 aliphatic heterocycles. The van der Waals surface area contributed by atoms with Crippen LogP contribution < -0.4 is 10.2 Å². The lowest BCUT2D eigenvalue weighted by atomic mass is 10.2. The summed E-state index contributed by atoms with van der Waals surface area (Å²) >= 11 is 0. The molecular formula is C21H18F2N6O. The number of H-pyrrole nitrogens is 1. The first-order chi connectivity index (χ1) is 14.7. The van der Waals surface area contributed by atoms with Crippen molar-refractivity contribution in [3.8, 4) is 11.4 Å². The molecule has 5 rings (SSSR count). The highest BCUT2D eigenvalue weighted by atomic mass is 19.1. The van der Waals surface area contributed by atoms with Gasteiger partial charge in [0.15, 0.2) is 11.6 Å². The van der Waals surface area contributed by atoms with E-state index >= 15 is 0 Å². The van der Waals surface area contributed by atoms with Crippen LogP contribution in [0.1, 0.15) is 0 Å². The number of fused-ring (bicyclic) bond motifs is 1. The third-order valence-corrected chi connectivity index (χ3v) is 4.98. The Labute approximate surface area is 170 Å². The zero-order chi connectivity index (χ0) is 20.5. The number of aromatic amines is 1. The largest absolute Gasteiger partial charge is 0.378 e. The number of halogens is 2. The summed E-state index contributed by atoms with van der Waals surface area (Å²) in [7, 11) is 0. The maximum absolute atomic E-state index is 14.3. The number of morpholine rings is 1. The average Bonchev–Trinajstić information content (AvgIpc) is 3.24. The predicted molar refractivity (Wildman–Crippen MR) is 110 cm³/mol. The number of hydrogen-bond donors (Lipinski definition) is 2. The van der Waals surface area contributed by atoms with Crippen molar-refractivity contribution >= 4 is 28.2 Å². The van der Waals surface area contributed by atoms with E-state index in [0.29, 0.717) is 16.9 Å². The number of hydrogen-bond acceptors (Lipinski definition) is 6. The maximum atomic E-state index is 14.3. The van der Waals surface area contributed by atoms with Gasteiger partial charge < -0.3 is 15.0 Å². The first-order valence-corrected chi connectivity index (χ1v) is 9.54. The molecular weight excluding hydrogens is 390 g/mol. The summed E-state index contributed by atoms with van der Waals surface area (Å²) < 4.78 is 32.9. The lowest BCUT2D eigenvalue weighted by Crippen LogP contribution is -2.36. The molecule has 0 saturated carbocycles. The molecule has 1 fully saturated rings. The van der Waals surface area contributed by atoms with Crippen LogP contribution >= 0.6 is 0 Å². The summed E-state index contributed by atoms with van der Waals surface area (Å²) in [5.74, 6) is -0.776. The third-order valence-electron chi connectivity index (χ3n) is 4.98. The molecule has 2 aromatic carbocycles. The highest BCUT2D eigenvalue weighted by molar-refractivity contribution is 5.88. The molecule has 0 radical (unpaired) electrons. The Hall–Kier alpha value is -3.59. The molecule has 1 saturated heterocycles. The molecule has 0 amide bonds. The summed E-state index contributed by atoms with van der Waals surface area (Å²) in [5.41, 5.74) is 3.17. The van der Waals surface area contributed by atoms with Crippen LogP contribution in [0.3, 0.4) is 0 Å². The molecule has 0 atom stereocenters. The monoisotopic (exact) mass is 408 g/mol. The molecule has 0 unspecified atom stereocenters. The van der Waals surface area contributed by atoms with Gasteiger partial charge >= 0.3 is 0 Å². The number of benzene rings is 2. The molecule has 4 aromatic rings. The summed E-state index contributed by atoms with van der Waals surface area (Å²) in [6.45, 7) is 3.17. The molecule has 1 aliphatic rings. The van der Waals surface area contributed by atoms with E-state index in [1.807, 2.05) is 24.3 Å². The molecule has 0 bridgehead atoms. The van der Waals surface area contributed by atoms with Crippen LogP contribution in [0.2, 0.25) is 0 Å². The summed E-state index contributed by atoms with van der Waals surface area (Å²) in [4.78, 5) is 11.1. The van der Waals surface area contributed by atoms with Gasteiger partial charge in [-0.05, 0) is 36.4 Å². The number of nitrogens with one attached hydrogen (secondary N) is 2. The van der Waals surface area contributed by atoms with Crippen molar-refractivity contribution in [1.29, 1.82) is 0 Å². The number of rotatable bonds is 4. The second-order valence-electron chi connectivity index (χ2n) is 6.92. The Morgan fingerprint density at radius 3 is 2.57 bits per heavy atom. The number of nitrogens with zero attached hydrogens (tertiary/aromatic N) is 4. The van der Waals surface area contributed by atoms with E-state index < -0.39 is 11.6 Å². The number of anilines is 3. The van der Waals surface area contributed by atoms with E-state index in [1.54, 1.807) is 0 Å². The Balaban J connectivity index is 1.47. The quantitative estimate of drug-likeness (QED) is 0.534. The molecule has 2 aromatic heterocycles. The molecule has 30 heavy (non-hydrogen) atoms. The molecule has 9 heteroatoms. The fourth-order valence-corrected chi connectivity index (χ4v) is 3.44. The minimum Gasteiger partial charge on any atom is -0.378 e. The van der Waals surface area contributed by atoms with Crippen LogP contribution in [0.5, 0.6) is 0 Å². The van der Waals surface area contributed by atoms with Gasteiger partial charge in [-0.25, -0.2) is 18.7 Å². The smallest absolute Gasteiger partial charge is 0.165 e. The Morgan fingerprint density at radius 1 is 1.00 bits per heavy atom. The SMILES string of the molecule is Fc1ccc(-c2nc(Nc3ccc(N4CCOCC4)cc3)c3[nH]ncc3n2)c(F)c1. The van der Waals surface area contributed by atoms with Crippen LogP contribution in [0.15, 0.2) is 48.7 Å². The first kappa shape index (κ1) is 18.4. The average molecular weight is 408 g/mol. The Kier molecular flexibility index (Phi) is 4.72. The Bertz CT molecular complexity index is 1190. The van der Waals surface area contributed by atoms with Crippen molar-refractivity contribution in [2.75, 3.05) is 36.5 Å². The second kappa shape index (κ2) is 7.68. The van der Waals surface area contributed by atoms with Gasteiger partial charge in [-0.1, -0.05) is 0 Å². The normalized spacial score (nSPS) is 14.3. The molecule has 7 nitrogen and oxygen atoms in total. The van der Waals surface area contributed by atoms with Crippen molar-refractivity contribution in [2.24, 2.45) is 0 Å². The highest BCUT2D eigenvalue weighted by Gasteiger charge is 2.15. The van der Waals surface area contributed by atoms with Crippen molar-refractivity contribution in [2.45, 2.75) is 0 Å². The van der Waals surface area contributed by atoms with Gasteiger partial charge in [0, 0.05) is 30.5 Å². The minimum absolute atomic E-state index is 0.116. The van der Waals surface area contributed by atoms with E-state index in [4.69, 9.17) is 4.74 Å². The third kappa shape index (κ3) is 3.55. The van der Waals surface area contributed by atoms with E-state index in [1.165, 1.54) is 18.3 Å². The summed E-state index contributed by atoms with van der Waals surface area (Å²) in [6.07, 6.45) is 1.54. The predicted octanol–water partition coefficient (Wildman–Crippen LogP) is 3.88.